The van der Waals surface area contributed by atoms with Gasteiger partial charge in [-0.05, 0) is 35.1 Å². The molecule has 0 saturated heterocycles. The molecule has 2 aliphatic rings. The van der Waals surface area contributed by atoms with E-state index in [1.54, 1.807) is 0 Å². The van der Waals surface area contributed by atoms with Crippen LogP contribution >= 0.6 is 0 Å². The summed E-state index contributed by atoms with van der Waals surface area (Å²) in [6.07, 6.45) is 5.10. The highest BCUT2D eigenvalue weighted by atomic mass is 28.4. The molecule has 0 radical (unpaired) electrons. The van der Waals surface area contributed by atoms with E-state index < -0.39 is 8.56 Å². The van der Waals surface area contributed by atoms with Crippen LogP contribution in [0.5, 0.6) is 0 Å². The molecular formula is C20H24O2Si. The van der Waals surface area contributed by atoms with Gasteiger partial charge in [-0.2, -0.15) is 0 Å². The number of hydrogen-bond donors (Lipinski definition) is 0. The topological polar surface area (TPSA) is 18.5 Å². The second-order valence-electron chi connectivity index (χ2n) is 6.72. The highest BCUT2D eigenvalue weighted by Gasteiger charge is 2.55. The van der Waals surface area contributed by atoms with Crippen molar-refractivity contribution in [2.24, 2.45) is 0 Å². The molecule has 2 aliphatic carbocycles. The van der Waals surface area contributed by atoms with E-state index >= 15 is 0 Å². The first kappa shape index (κ1) is 15.1. The molecular weight excluding hydrogens is 300 g/mol. The first-order valence-corrected chi connectivity index (χ1v) is 10.6. The molecule has 0 spiro atoms. The lowest BCUT2D eigenvalue weighted by molar-refractivity contribution is 0.221. The van der Waals surface area contributed by atoms with Gasteiger partial charge in [0.25, 0.3) is 0 Å². The minimum atomic E-state index is -2.38. The summed E-state index contributed by atoms with van der Waals surface area (Å²) in [5.74, 6) is 0. The number of rotatable bonds is 4. The monoisotopic (exact) mass is 324 g/mol. The molecule has 0 heterocycles. The van der Waals surface area contributed by atoms with Gasteiger partial charge in [0.15, 0.2) is 0 Å². The van der Waals surface area contributed by atoms with Crippen molar-refractivity contribution in [1.82, 2.24) is 0 Å². The van der Waals surface area contributed by atoms with Gasteiger partial charge >= 0.3 is 8.56 Å². The summed E-state index contributed by atoms with van der Waals surface area (Å²) in [5.41, 5.74) is 6.38. The first-order chi connectivity index (χ1) is 11.3. The fourth-order valence-electron chi connectivity index (χ4n) is 4.81. The Kier molecular flexibility index (Phi) is 3.88. The van der Waals surface area contributed by atoms with Gasteiger partial charge in [0.1, 0.15) is 0 Å². The van der Waals surface area contributed by atoms with Crippen molar-refractivity contribution < 1.29 is 8.85 Å². The van der Waals surface area contributed by atoms with Crippen molar-refractivity contribution in [2.75, 3.05) is 14.2 Å². The molecule has 0 unspecified atom stereocenters. The standard InChI is InChI=1S/C20H24O2Si/c1-21-23(22-2,15-9-3-4-10-15)20-18-13-7-5-11-16(18)17-12-6-8-14-19(17)20/h5-8,11-15,20H,3-4,9-10H2,1-2H3. The minimum Gasteiger partial charge on any atom is -0.397 e. The van der Waals surface area contributed by atoms with Crippen molar-refractivity contribution in [3.05, 3.63) is 59.7 Å². The number of hydrogen-bond acceptors (Lipinski definition) is 2. The molecule has 4 rings (SSSR count). The lowest BCUT2D eigenvalue weighted by Gasteiger charge is -2.38. The van der Waals surface area contributed by atoms with Crippen molar-refractivity contribution in [2.45, 2.75) is 36.8 Å². The zero-order chi connectivity index (χ0) is 15.9. The Hall–Kier alpha value is -1.42. The lowest BCUT2D eigenvalue weighted by atomic mass is 10.1. The molecule has 2 aromatic rings. The molecule has 1 fully saturated rings. The van der Waals surface area contributed by atoms with E-state index in [2.05, 4.69) is 48.5 Å². The SMILES string of the molecule is CO[Si](OC)(C1CCCC1)C1c2ccccc2-c2ccccc21. The van der Waals surface area contributed by atoms with E-state index in [1.807, 2.05) is 14.2 Å². The van der Waals surface area contributed by atoms with Crippen molar-refractivity contribution >= 4 is 8.56 Å². The summed E-state index contributed by atoms with van der Waals surface area (Å²) in [6, 6.07) is 17.6. The Bertz CT molecular complexity index is 657. The summed E-state index contributed by atoms with van der Waals surface area (Å²) in [7, 11) is 1.37. The largest absolute Gasteiger partial charge is 0.397 e. The Morgan fingerprint density at radius 3 is 1.74 bits per heavy atom. The van der Waals surface area contributed by atoms with Crippen LogP contribution < -0.4 is 0 Å². The molecule has 0 bridgehead atoms. The third kappa shape index (κ3) is 2.14. The van der Waals surface area contributed by atoms with E-state index in [0.29, 0.717) is 5.54 Å². The number of fused-ring (bicyclic) bond motifs is 3. The first-order valence-electron chi connectivity index (χ1n) is 8.60. The Morgan fingerprint density at radius 2 is 1.26 bits per heavy atom. The molecule has 0 aromatic heterocycles. The summed E-state index contributed by atoms with van der Waals surface area (Å²) in [5, 5.41) is 0. The maximum Gasteiger partial charge on any atom is 0.353 e. The van der Waals surface area contributed by atoms with Crippen LogP contribution in [0, 0.1) is 0 Å². The van der Waals surface area contributed by atoms with Crippen molar-refractivity contribution in [1.29, 1.82) is 0 Å². The summed E-state index contributed by atoms with van der Waals surface area (Å²) in [6.45, 7) is 0. The van der Waals surface area contributed by atoms with Crippen LogP contribution in [0.15, 0.2) is 48.5 Å². The Morgan fingerprint density at radius 1 is 0.783 bits per heavy atom. The normalized spacial score (nSPS) is 18.2. The molecule has 0 N–H and O–H groups in total. The van der Waals surface area contributed by atoms with E-state index in [1.165, 1.54) is 47.9 Å². The van der Waals surface area contributed by atoms with E-state index in [4.69, 9.17) is 8.85 Å². The molecule has 2 nitrogen and oxygen atoms in total. The third-order valence-electron chi connectivity index (χ3n) is 5.80. The van der Waals surface area contributed by atoms with Crippen LogP contribution in [0.3, 0.4) is 0 Å². The van der Waals surface area contributed by atoms with Crippen LogP contribution in [-0.4, -0.2) is 22.8 Å². The van der Waals surface area contributed by atoms with Crippen LogP contribution in [0.25, 0.3) is 11.1 Å². The molecule has 1 saturated carbocycles. The van der Waals surface area contributed by atoms with Crippen LogP contribution in [0.4, 0.5) is 0 Å². The molecule has 0 atom stereocenters. The zero-order valence-electron chi connectivity index (χ0n) is 13.9. The van der Waals surface area contributed by atoms with Gasteiger partial charge in [-0.3, -0.25) is 0 Å². The Balaban J connectivity index is 1.92. The predicted octanol–water partition coefficient (Wildman–Crippen LogP) is 5.02. The Labute approximate surface area is 139 Å². The van der Waals surface area contributed by atoms with Gasteiger partial charge in [-0.15, -0.1) is 0 Å². The quantitative estimate of drug-likeness (QED) is 0.735. The summed E-state index contributed by atoms with van der Waals surface area (Å²) < 4.78 is 12.6. The van der Waals surface area contributed by atoms with Crippen LogP contribution in [0.1, 0.15) is 42.4 Å². The van der Waals surface area contributed by atoms with Gasteiger partial charge in [0, 0.05) is 19.8 Å². The molecule has 0 aliphatic heterocycles. The fraction of sp³-hybridized carbons (Fsp3) is 0.400. The number of benzene rings is 2. The molecule has 23 heavy (non-hydrogen) atoms. The summed E-state index contributed by atoms with van der Waals surface area (Å²) in [4.78, 5) is 0. The van der Waals surface area contributed by atoms with Gasteiger partial charge < -0.3 is 8.85 Å². The lowest BCUT2D eigenvalue weighted by Crippen LogP contribution is -2.50. The van der Waals surface area contributed by atoms with Gasteiger partial charge in [0.2, 0.25) is 0 Å². The molecule has 120 valence electrons. The molecule has 3 heteroatoms. The highest BCUT2D eigenvalue weighted by Crippen LogP contribution is 2.54. The van der Waals surface area contributed by atoms with E-state index in [9.17, 15) is 0 Å². The van der Waals surface area contributed by atoms with E-state index in [0.717, 1.165) is 0 Å². The van der Waals surface area contributed by atoms with E-state index in [-0.39, 0.29) is 5.54 Å². The molecule has 0 amide bonds. The van der Waals surface area contributed by atoms with Gasteiger partial charge in [-0.1, -0.05) is 61.4 Å². The van der Waals surface area contributed by atoms with Gasteiger partial charge in [0.05, 0.1) is 5.54 Å². The average molecular weight is 324 g/mol. The van der Waals surface area contributed by atoms with Crippen LogP contribution in [0.2, 0.25) is 5.54 Å². The summed E-state index contributed by atoms with van der Waals surface area (Å²) >= 11 is 0. The second-order valence-corrected chi connectivity index (χ2v) is 10.4. The van der Waals surface area contributed by atoms with Gasteiger partial charge in [-0.25, -0.2) is 0 Å². The second kappa shape index (κ2) is 5.89. The smallest absolute Gasteiger partial charge is 0.353 e. The zero-order valence-corrected chi connectivity index (χ0v) is 14.9. The highest BCUT2D eigenvalue weighted by molar-refractivity contribution is 6.71. The predicted molar refractivity (Wildman–Crippen MR) is 95.7 cm³/mol. The maximum atomic E-state index is 6.29. The average Bonchev–Trinajstić information content (AvgIpc) is 3.25. The third-order valence-corrected chi connectivity index (χ3v) is 10.2. The minimum absolute atomic E-state index is 0.285. The fourth-order valence-corrected chi connectivity index (χ4v) is 9.16. The molecule has 2 aromatic carbocycles. The van der Waals surface area contributed by atoms with Crippen molar-refractivity contribution in [3.63, 3.8) is 0 Å². The van der Waals surface area contributed by atoms with Crippen LogP contribution in [-0.2, 0) is 8.85 Å². The van der Waals surface area contributed by atoms with Crippen molar-refractivity contribution in [3.8, 4) is 11.1 Å². The maximum absolute atomic E-state index is 6.29.